The summed E-state index contributed by atoms with van der Waals surface area (Å²) in [5.74, 6) is 0.0688. The van der Waals surface area contributed by atoms with Crippen LogP contribution < -0.4 is 16.0 Å². The first-order valence-electron chi connectivity index (χ1n) is 7.23. The highest BCUT2D eigenvalue weighted by atomic mass is 32.1. The third-order valence-electron chi connectivity index (χ3n) is 4.26. The molecule has 7 heteroatoms. The van der Waals surface area contributed by atoms with Crippen LogP contribution in [0.1, 0.15) is 43.3 Å². The summed E-state index contributed by atoms with van der Waals surface area (Å²) in [4.78, 5) is 19.0. The van der Waals surface area contributed by atoms with Crippen molar-refractivity contribution in [3.8, 4) is 0 Å². The molecule has 1 aromatic heterocycles. The van der Waals surface area contributed by atoms with Gasteiger partial charge >= 0.3 is 0 Å². The number of nitrogen functional groups attached to an aromatic ring is 1. The summed E-state index contributed by atoms with van der Waals surface area (Å²) in [7, 11) is 1.94. The Labute approximate surface area is 129 Å². The van der Waals surface area contributed by atoms with Crippen molar-refractivity contribution >= 4 is 28.2 Å². The van der Waals surface area contributed by atoms with Crippen LogP contribution in [-0.2, 0) is 0 Å². The van der Waals surface area contributed by atoms with E-state index < -0.39 is 0 Å². The van der Waals surface area contributed by atoms with Crippen molar-refractivity contribution in [2.45, 2.75) is 45.8 Å². The molecule has 0 aromatic carbocycles. The van der Waals surface area contributed by atoms with E-state index in [1.807, 2.05) is 25.8 Å². The number of thiazole rings is 1. The van der Waals surface area contributed by atoms with E-state index in [0.717, 1.165) is 18.1 Å². The second kappa shape index (κ2) is 5.81. The number of amides is 1. The lowest BCUT2D eigenvalue weighted by Gasteiger charge is -2.49. The number of aromatic nitrogens is 1. The van der Waals surface area contributed by atoms with Gasteiger partial charge in [-0.15, -0.1) is 0 Å². The molecule has 1 fully saturated rings. The summed E-state index contributed by atoms with van der Waals surface area (Å²) >= 11 is 1.31. The molecule has 6 nitrogen and oxygen atoms in total. The predicted octanol–water partition coefficient (Wildman–Crippen LogP) is 1.46. The standard InChI is InChI=1S/C14H24N4O2S/c1-5-6-18(4)13-17-11(15)10(21-13)12(20)16-8-7-9(19)14(8,2)3/h8-9,19H,5-7,15H2,1-4H3,(H,16,20). The Morgan fingerprint density at radius 1 is 1.62 bits per heavy atom. The van der Waals surface area contributed by atoms with E-state index in [4.69, 9.17) is 5.73 Å². The highest BCUT2D eigenvalue weighted by molar-refractivity contribution is 7.18. The highest BCUT2D eigenvalue weighted by Crippen LogP contribution is 2.40. The minimum Gasteiger partial charge on any atom is -0.392 e. The number of carbonyl (C=O) groups excluding carboxylic acids is 1. The van der Waals surface area contributed by atoms with Gasteiger partial charge in [-0.2, -0.15) is 0 Å². The van der Waals surface area contributed by atoms with Gasteiger partial charge in [0.25, 0.3) is 5.91 Å². The van der Waals surface area contributed by atoms with E-state index in [9.17, 15) is 9.90 Å². The number of nitrogens with two attached hydrogens (primary N) is 1. The van der Waals surface area contributed by atoms with Crippen LogP contribution in [0.4, 0.5) is 10.9 Å². The Hall–Kier alpha value is -1.34. The SMILES string of the molecule is CCCN(C)c1nc(N)c(C(=O)NC2CC(O)C2(C)C)s1. The van der Waals surface area contributed by atoms with Crippen LogP contribution in [0.3, 0.4) is 0 Å². The number of aliphatic hydroxyl groups excluding tert-OH is 1. The number of hydrogen-bond donors (Lipinski definition) is 3. The number of rotatable bonds is 5. The molecule has 118 valence electrons. The molecule has 1 heterocycles. The Balaban J connectivity index is 2.06. The molecular formula is C14H24N4O2S. The Bertz CT molecular complexity index is 529. The van der Waals surface area contributed by atoms with Crippen molar-refractivity contribution in [1.82, 2.24) is 10.3 Å². The number of anilines is 2. The van der Waals surface area contributed by atoms with Crippen molar-refractivity contribution < 1.29 is 9.90 Å². The van der Waals surface area contributed by atoms with Crippen LogP contribution >= 0.6 is 11.3 Å². The second-order valence-corrected chi connectivity index (χ2v) is 7.21. The van der Waals surface area contributed by atoms with E-state index in [0.29, 0.717) is 11.3 Å². The average molecular weight is 312 g/mol. The van der Waals surface area contributed by atoms with Gasteiger partial charge in [0.1, 0.15) is 10.7 Å². The van der Waals surface area contributed by atoms with Crippen LogP contribution in [0.25, 0.3) is 0 Å². The monoisotopic (exact) mass is 312 g/mol. The molecule has 0 spiro atoms. The van der Waals surface area contributed by atoms with Gasteiger partial charge in [0.15, 0.2) is 5.13 Å². The molecular weight excluding hydrogens is 288 g/mol. The molecule has 0 bridgehead atoms. The largest absolute Gasteiger partial charge is 0.392 e. The molecule has 2 unspecified atom stereocenters. The van der Waals surface area contributed by atoms with Gasteiger partial charge in [-0.3, -0.25) is 4.79 Å². The third-order valence-corrected chi connectivity index (χ3v) is 5.44. The lowest BCUT2D eigenvalue weighted by atomic mass is 9.64. The van der Waals surface area contributed by atoms with Crippen LogP contribution in [0.5, 0.6) is 0 Å². The smallest absolute Gasteiger partial charge is 0.265 e. The van der Waals surface area contributed by atoms with E-state index in [2.05, 4.69) is 17.2 Å². The number of nitrogens with zero attached hydrogens (tertiary/aromatic N) is 2. The zero-order chi connectivity index (χ0) is 15.8. The molecule has 1 amide bonds. The lowest BCUT2D eigenvalue weighted by Crippen LogP contribution is -2.61. The number of carbonyl (C=O) groups is 1. The maximum atomic E-state index is 12.3. The summed E-state index contributed by atoms with van der Waals surface area (Å²) in [5.41, 5.74) is 5.57. The molecule has 2 atom stereocenters. The minimum atomic E-state index is -0.368. The molecule has 21 heavy (non-hydrogen) atoms. The van der Waals surface area contributed by atoms with Gasteiger partial charge in [0.05, 0.1) is 6.10 Å². The Morgan fingerprint density at radius 3 is 2.81 bits per heavy atom. The fraction of sp³-hybridized carbons (Fsp3) is 0.714. The predicted molar refractivity (Wildman–Crippen MR) is 85.7 cm³/mol. The van der Waals surface area contributed by atoms with Gasteiger partial charge in [-0.05, 0) is 12.8 Å². The normalized spacial score (nSPS) is 23.5. The van der Waals surface area contributed by atoms with Crippen molar-refractivity contribution in [3.63, 3.8) is 0 Å². The molecule has 4 N–H and O–H groups in total. The van der Waals surface area contributed by atoms with Crippen molar-refractivity contribution in [3.05, 3.63) is 4.88 Å². The molecule has 1 saturated carbocycles. The average Bonchev–Trinajstić information content (AvgIpc) is 2.81. The van der Waals surface area contributed by atoms with Gasteiger partial charge in [0.2, 0.25) is 0 Å². The summed E-state index contributed by atoms with van der Waals surface area (Å²) < 4.78 is 0. The molecule has 1 aliphatic rings. The lowest BCUT2D eigenvalue weighted by molar-refractivity contribution is -0.0689. The number of aliphatic hydroxyl groups is 1. The van der Waals surface area contributed by atoms with Gasteiger partial charge in [-0.25, -0.2) is 4.98 Å². The van der Waals surface area contributed by atoms with Gasteiger partial charge < -0.3 is 21.1 Å². The first-order chi connectivity index (χ1) is 9.77. The minimum absolute atomic E-state index is 0.0293. The Morgan fingerprint density at radius 2 is 2.29 bits per heavy atom. The van der Waals surface area contributed by atoms with E-state index in [-0.39, 0.29) is 29.3 Å². The topological polar surface area (TPSA) is 91.5 Å². The van der Waals surface area contributed by atoms with E-state index >= 15 is 0 Å². The maximum absolute atomic E-state index is 12.3. The van der Waals surface area contributed by atoms with Crippen LogP contribution in [0.2, 0.25) is 0 Å². The first kappa shape index (κ1) is 16.0. The zero-order valence-electron chi connectivity index (χ0n) is 13.0. The van der Waals surface area contributed by atoms with E-state index in [1.54, 1.807) is 0 Å². The third kappa shape index (κ3) is 2.98. The van der Waals surface area contributed by atoms with Crippen molar-refractivity contribution in [1.29, 1.82) is 0 Å². The quantitative estimate of drug-likeness (QED) is 0.765. The van der Waals surface area contributed by atoms with Crippen LogP contribution in [0.15, 0.2) is 0 Å². The molecule has 0 saturated heterocycles. The van der Waals surface area contributed by atoms with E-state index in [1.165, 1.54) is 11.3 Å². The second-order valence-electron chi connectivity index (χ2n) is 6.23. The number of nitrogens with one attached hydrogen (secondary N) is 1. The summed E-state index contributed by atoms with van der Waals surface area (Å²) in [6.45, 7) is 6.85. The van der Waals surface area contributed by atoms with Crippen LogP contribution in [0, 0.1) is 5.41 Å². The zero-order valence-corrected chi connectivity index (χ0v) is 13.8. The van der Waals surface area contributed by atoms with Crippen molar-refractivity contribution in [2.75, 3.05) is 24.2 Å². The highest BCUT2D eigenvalue weighted by Gasteiger charge is 2.48. The Kier molecular flexibility index (Phi) is 4.43. The van der Waals surface area contributed by atoms with Gasteiger partial charge in [-0.1, -0.05) is 32.1 Å². The van der Waals surface area contributed by atoms with Crippen LogP contribution in [-0.4, -0.2) is 41.7 Å². The fourth-order valence-electron chi connectivity index (χ4n) is 2.45. The molecule has 1 aromatic rings. The molecule has 0 radical (unpaired) electrons. The maximum Gasteiger partial charge on any atom is 0.265 e. The molecule has 2 rings (SSSR count). The molecule has 1 aliphatic carbocycles. The summed E-state index contributed by atoms with van der Waals surface area (Å²) in [5, 5.41) is 13.4. The summed E-state index contributed by atoms with van der Waals surface area (Å²) in [6.07, 6.45) is 1.22. The number of hydrogen-bond acceptors (Lipinski definition) is 6. The summed E-state index contributed by atoms with van der Waals surface area (Å²) in [6, 6.07) is -0.0293. The first-order valence-corrected chi connectivity index (χ1v) is 8.05. The fourth-order valence-corrected chi connectivity index (χ4v) is 3.32. The van der Waals surface area contributed by atoms with Gasteiger partial charge in [0, 0.05) is 25.0 Å². The van der Waals surface area contributed by atoms with Crippen molar-refractivity contribution in [2.24, 2.45) is 5.41 Å². The molecule has 0 aliphatic heterocycles.